The molecule has 0 atom stereocenters. The van der Waals surface area contributed by atoms with Gasteiger partial charge in [0.25, 0.3) is 11.8 Å². The fourth-order valence-corrected chi connectivity index (χ4v) is 2.82. The molecule has 0 aliphatic rings. The highest BCUT2D eigenvalue weighted by Gasteiger charge is 2.13. The first-order valence-electron chi connectivity index (χ1n) is 9.19. The summed E-state index contributed by atoms with van der Waals surface area (Å²) in [5, 5.41) is 6.47. The van der Waals surface area contributed by atoms with E-state index in [1.165, 1.54) is 7.11 Å². The van der Waals surface area contributed by atoms with Crippen LogP contribution in [0.2, 0.25) is 5.02 Å². The van der Waals surface area contributed by atoms with Crippen molar-refractivity contribution < 1.29 is 19.1 Å². The number of nitrogens with one attached hydrogen (secondary N) is 2. The predicted octanol–water partition coefficient (Wildman–Crippen LogP) is 3.21. The van der Waals surface area contributed by atoms with E-state index in [9.17, 15) is 9.59 Å². The number of carbonyl (C=O) groups excluding carboxylic acids is 2. The molecule has 0 unspecified atom stereocenters. The molecule has 0 saturated carbocycles. The standard InChI is InChI=1S/C21H26ClN3O4/c1-13(2)10-25-21(27)15-5-4-6-16(9-15)24-11-14-7-17(22)20(18(8-14)28-3)29-12-19(23)26/h4-9,13,24H,10-12H2,1-3H3,(H2,23,26)(H,25,27). The van der Waals surface area contributed by atoms with E-state index in [1.54, 1.807) is 24.3 Å². The van der Waals surface area contributed by atoms with Crippen molar-refractivity contribution >= 4 is 29.1 Å². The van der Waals surface area contributed by atoms with E-state index in [0.29, 0.717) is 35.3 Å². The Hall–Kier alpha value is -2.93. The summed E-state index contributed by atoms with van der Waals surface area (Å²) in [6.07, 6.45) is 0. The van der Waals surface area contributed by atoms with Gasteiger partial charge >= 0.3 is 0 Å². The number of benzene rings is 2. The lowest BCUT2D eigenvalue weighted by Gasteiger charge is -2.14. The topological polar surface area (TPSA) is 103 Å². The Kier molecular flexibility index (Phi) is 8.15. The third-order valence-corrected chi connectivity index (χ3v) is 4.22. The van der Waals surface area contributed by atoms with Crippen LogP contribution in [0, 0.1) is 5.92 Å². The Morgan fingerprint density at radius 2 is 1.97 bits per heavy atom. The Morgan fingerprint density at radius 1 is 1.21 bits per heavy atom. The zero-order chi connectivity index (χ0) is 21.4. The van der Waals surface area contributed by atoms with Gasteiger partial charge in [0.05, 0.1) is 12.1 Å². The van der Waals surface area contributed by atoms with Crippen molar-refractivity contribution in [3.05, 3.63) is 52.5 Å². The van der Waals surface area contributed by atoms with Gasteiger partial charge in [0.15, 0.2) is 18.1 Å². The third-order valence-electron chi connectivity index (χ3n) is 3.94. The predicted molar refractivity (Wildman–Crippen MR) is 114 cm³/mol. The van der Waals surface area contributed by atoms with Crippen LogP contribution in [0.1, 0.15) is 29.8 Å². The first-order valence-corrected chi connectivity index (χ1v) is 9.57. The minimum absolute atomic E-state index is 0.108. The lowest BCUT2D eigenvalue weighted by molar-refractivity contribution is -0.119. The van der Waals surface area contributed by atoms with E-state index in [4.69, 9.17) is 26.8 Å². The first-order chi connectivity index (χ1) is 13.8. The van der Waals surface area contributed by atoms with Crippen LogP contribution < -0.4 is 25.8 Å². The number of nitrogens with two attached hydrogens (primary N) is 1. The molecular weight excluding hydrogens is 394 g/mol. The summed E-state index contributed by atoms with van der Waals surface area (Å²) >= 11 is 6.27. The molecule has 0 aromatic heterocycles. The SMILES string of the molecule is COc1cc(CNc2cccc(C(=O)NCC(C)C)c2)cc(Cl)c1OCC(N)=O. The zero-order valence-corrected chi connectivity index (χ0v) is 17.5. The van der Waals surface area contributed by atoms with E-state index >= 15 is 0 Å². The number of ether oxygens (including phenoxy) is 2. The van der Waals surface area contributed by atoms with Crippen LogP contribution in [-0.4, -0.2) is 32.1 Å². The van der Waals surface area contributed by atoms with Gasteiger partial charge < -0.3 is 25.8 Å². The smallest absolute Gasteiger partial charge is 0.255 e. The van der Waals surface area contributed by atoms with Crippen LogP contribution in [0.3, 0.4) is 0 Å². The van der Waals surface area contributed by atoms with Crippen LogP contribution in [0.5, 0.6) is 11.5 Å². The Balaban J connectivity index is 2.07. The van der Waals surface area contributed by atoms with Crippen molar-refractivity contribution in [2.24, 2.45) is 11.7 Å². The van der Waals surface area contributed by atoms with E-state index in [0.717, 1.165) is 11.3 Å². The van der Waals surface area contributed by atoms with Crippen LogP contribution in [0.4, 0.5) is 5.69 Å². The Labute approximate surface area is 175 Å². The van der Waals surface area contributed by atoms with Crippen molar-refractivity contribution in [2.45, 2.75) is 20.4 Å². The van der Waals surface area contributed by atoms with E-state index in [2.05, 4.69) is 10.6 Å². The minimum Gasteiger partial charge on any atom is -0.493 e. The van der Waals surface area contributed by atoms with E-state index < -0.39 is 5.91 Å². The number of anilines is 1. The van der Waals surface area contributed by atoms with Gasteiger partial charge in [0.2, 0.25) is 0 Å². The molecule has 0 fully saturated rings. The minimum atomic E-state index is -0.605. The largest absolute Gasteiger partial charge is 0.493 e. The highest BCUT2D eigenvalue weighted by atomic mass is 35.5. The molecule has 0 saturated heterocycles. The monoisotopic (exact) mass is 419 g/mol. The van der Waals surface area contributed by atoms with Gasteiger partial charge in [-0.05, 0) is 41.8 Å². The van der Waals surface area contributed by atoms with Crippen molar-refractivity contribution in [1.82, 2.24) is 5.32 Å². The quantitative estimate of drug-likeness (QED) is 0.548. The van der Waals surface area contributed by atoms with Crippen LogP contribution in [-0.2, 0) is 11.3 Å². The molecule has 29 heavy (non-hydrogen) atoms. The maximum absolute atomic E-state index is 12.2. The summed E-state index contributed by atoms with van der Waals surface area (Å²) < 4.78 is 10.6. The number of methoxy groups -OCH3 is 1. The lowest BCUT2D eigenvalue weighted by atomic mass is 10.1. The zero-order valence-electron chi connectivity index (χ0n) is 16.8. The second-order valence-corrected chi connectivity index (χ2v) is 7.31. The Bertz CT molecular complexity index is 871. The first kappa shape index (κ1) is 22.4. The average Bonchev–Trinajstić information content (AvgIpc) is 2.69. The fourth-order valence-electron chi connectivity index (χ4n) is 2.53. The van der Waals surface area contributed by atoms with Crippen LogP contribution in [0.25, 0.3) is 0 Å². The van der Waals surface area contributed by atoms with E-state index in [-0.39, 0.29) is 18.3 Å². The Morgan fingerprint density at radius 3 is 2.62 bits per heavy atom. The summed E-state index contributed by atoms with van der Waals surface area (Å²) in [6.45, 7) is 4.87. The summed E-state index contributed by atoms with van der Waals surface area (Å²) in [6, 6.07) is 10.7. The summed E-state index contributed by atoms with van der Waals surface area (Å²) in [5.74, 6) is 0.335. The number of carbonyl (C=O) groups is 2. The molecule has 4 N–H and O–H groups in total. The van der Waals surface area contributed by atoms with Crippen LogP contribution >= 0.6 is 11.6 Å². The van der Waals surface area contributed by atoms with Crippen LogP contribution in [0.15, 0.2) is 36.4 Å². The van der Waals surface area contributed by atoms with Crippen molar-refractivity contribution in [3.63, 3.8) is 0 Å². The molecule has 0 bridgehead atoms. The molecule has 0 spiro atoms. The number of rotatable bonds is 10. The number of amides is 2. The van der Waals surface area contributed by atoms with Gasteiger partial charge in [-0.15, -0.1) is 0 Å². The molecule has 8 heteroatoms. The molecule has 7 nitrogen and oxygen atoms in total. The molecule has 0 radical (unpaired) electrons. The van der Waals surface area contributed by atoms with Crippen molar-refractivity contribution in [2.75, 3.05) is 25.6 Å². The fraction of sp³-hybridized carbons (Fsp3) is 0.333. The van der Waals surface area contributed by atoms with Gasteiger partial charge in [0, 0.05) is 24.3 Å². The highest BCUT2D eigenvalue weighted by molar-refractivity contribution is 6.32. The summed E-state index contributed by atoms with van der Waals surface area (Å²) in [5.41, 5.74) is 7.33. The van der Waals surface area contributed by atoms with Gasteiger partial charge in [0.1, 0.15) is 0 Å². The van der Waals surface area contributed by atoms with Gasteiger partial charge in [-0.1, -0.05) is 31.5 Å². The van der Waals surface area contributed by atoms with Gasteiger partial charge in [-0.25, -0.2) is 0 Å². The molecular formula is C21H26ClN3O4. The number of hydrogen-bond acceptors (Lipinski definition) is 5. The third kappa shape index (κ3) is 6.87. The molecule has 0 aliphatic carbocycles. The number of halogens is 1. The molecule has 0 aliphatic heterocycles. The van der Waals surface area contributed by atoms with Gasteiger partial charge in [-0.3, -0.25) is 9.59 Å². The summed E-state index contributed by atoms with van der Waals surface area (Å²) in [7, 11) is 1.49. The molecule has 2 aromatic rings. The highest BCUT2D eigenvalue weighted by Crippen LogP contribution is 2.36. The second-order valence-electron chi connectivity index (χ2n) is 6.90. The molecule has 0 heterocycles. The maximum Gasteiger partial charge on any atom is 0.255 e. The second kappa shape index (κ2) is 10.6. The van der Waals surface area contributed by atoms with E-state index in [1.807, 2.05) is 26.0 Å². The summed E-state index contributed by atoms with van der Waals surface area (Å²) in [4.78, 5) is 23.2. The normalized spacial score (nSPS) is 10.5. The number of primary amides is 1. The van der Waals surface area contributed by atoms with Crippen molar-refractivity contribution in [1.29, 1.82) is 0 Å². The lowest BCUT2D eigenvalue weighted by Crippen LogP contribution is -2.27. The number of hydrogen-bond donors (Lipinski definition) is 3. The maximum atomic E-state index is 12.2. The average molecular weight is 420 g/mol. The molecule has 156 valence electrons. The molecule has 2 rings (SSSR count). The molecule has 2 amide bonds. The molecule has 2 aromatic carbocycles. The van der Waals surface area contributed by atoms with Gasteiger partial charge in [-0.2, -0.15) is 0 Å². The van der Waals surface area contributed by atoms with Crippen molar-refractivity contribution in [3.8, 4) is 11.5 Å².